The van der Waals surface area contributed by atoms with Crippen LogP contribution in [0.25, 0.3) is 0 Å². The number of pyridine rings is 2. The van der Waals surface area contributed by atoms with Crippen molar-refractivity contribution in [3.8, 4) is 5.75 Å². The van der Waals surface area contributed by atoms with Crippen molar-refractivity contribution >= 4 is 11.6 Å². The highest BCUT2D eigenvalue weighted by atomic mass is 16.5. The third kappa shape index (κ3) is 5.54. The molecule has 2 N–H and O–H groups in total. The predicted octanol–water partition coefficient (Wildman–Crippen LogP) is 3.07. The molecule has 0 aliphatic heterocycles. The van der Waals surface area contributed by atoms with Crippen molar-refractivity contribution in [1.29, 1.82) is 0 Å². The first-order valence-corrected chi connectivity index (χ1v) is 8.73. The number of hydrogen-bond acceptors (Lipinski definition) is 5. The van der Waals surface area contributed by atoms with Crippen LogP contribution in [0.4, 0.5) is 5.69 Å². The SMILES string of the molecule is COc1ccc(CCNc2cncc(C(=O)NCc3cccnc3)c2)cc1. The molecule has 138 valence electrons. The first kappa shape index (κ1) is 18.4. The van der Waals surface area contributed by atoms with E-state index in [9.17, 15) is 4.79 Å². The lowest BCUT2D eigenvalue weighted by Crippen LogP contribution is -2.23. The molecule has 27 heavy (non-hydrogen) atoms. The van der Waals surface area contributed by atoms with Crippen LogP contribution in [0.2, 0.25) is 0 Å². The second-order valence-corrected chi connectivity index (χ2v) is 6.03. The molecule has 0 radical (unpaired) electrons. The Labute approximate surface area is 158 Å². The van der Waals surface area contributed by atoms with Crippen molar-refractivity contribution in [3.63, 3.8) is 0 Å². The number of aromatic nitrogens is 2. The fourth-order valence-corrected chi connectivity index (χ4v) is 2.59. The molecule has 1 amide bonds. The van der Waals surface area contributed by atoms with E-state index < -0.39 is 0 Å². The molecule has 2 aromatic heterocycles. The van der Waals surface area contributed by atoms with Crippen molar-refractivity contribution in [2.75, 3.05) is 19.0 Å². The smallest absolute Gasteiger partial charge is 0.253 e. The second-order valence-electron chi connectivity index (χ2n) is 6.03. The Hall–Kier alpha value is -3.41. The van der Waals surface area contributed by atoms with Crippen LogP contribution in [-0.2, 0) is 13.0 Å². The molecule has 0 bridgehead atoms. The van der Waals surface area contributed by atoms with E-state index in [1.54, 1.807) is 38.0 Å². The third-order valence-electron chi connectivity index (χ3n) is 4.08. The fraction of sp³-hybridized carbons (Fsp3) is 0.190. The molecule has 3 aromatic rings. The molecule has 6 nitrogen and oxygen atoms in total. The monoisotopic (exact) mass is 362 g/mol. The van der Waals surface area contributed by atoms with Gasteiger partial charge in [-0.2, -0.15) is 0 Å². The lowest BCUT2D eigenvalue weighted by atomic mass is 10.1. The number of methoxy groups -OCH3 is 1. The highest BCUT2D eigenvalue weighted by molar-refractivity contribution is 5.94. The zero-order chi connectivity index (χ0) is 18.9. The number of nitrogens with zero attached hydrogens (tertiary/aromatic N) is 2. The van der Waals surface area contributed by atoms with E-state index in [1.807, 2.05) is 36.4 Å². The van der Waals surface area contributed by atoms with Gasteiger partial charge in [-0.15, -0.1) is 0 Å². The minimum Gasteiger partial charge on any atom is -0.497 e. The number of ether oxygens (including phenoxy) is 1. The van der Waals surface area contributed by atoms with E-state index >= 15 is 0 Å². The molecule has 0 saturated heterocycles. The average molecular weight is 362 g/mol. The van der Waals surface area contributed by atoms with E-state index in [-0.39, 0.29) is 5.91 Å². The molecule has 2 heterocycles. The predicted molar refractivity (Wildman–Crippen MR) is 105 cm³/mol. The van der Waals surface area contributed by atoms with Gasteiger partial charge >= 0.3 is 0 Å². The van der Waals surface area contributed by atoms with Crippen LogP contribution in [-0.4, -0.2) is 29.5 Å². The fourth-order valence-electron chi connectivity index (χ4n) is 2.59. The van der Waals surface area contributed by atoms with Gasteiger partial charge in [0.15, 0.2) is 0 Å². The number of benzene rings is 1. The minimum absolute atomic E-state index is 0.162. The quantitative estimate of drug-likeness (QED) is 0.644. The normalized spacial score (nSPS) is 10.3. The number of amides is 1. The summed E-state index contributed by atoms with van der Waals surface area (Å²) in [6.07, 6.45) is 7.58. The summed E-state index contributed by atoms with van der Waals surface area (Å²) in [5.74, 6) is 0.686. The number of anilines is 1. The van der Waals surface area contributed by atoms with Crippen molar-refractivity contribution < 1.29 is 9.53 Å². The summed E-state index contributed by atoms with van der Waals surface area (Å²) < 4.78 is 5.16. The maximum absolute atomic E-state index is 12.3. The Balaban J connectivity index is 1.51. The van der Waals surface area contributed by atoms with Crippen molar-refractivity contribution in [3.05, 3.63) is 83.9 Å². The summed E-state index contributed by atoms with van der Waals surface area (Å²) in [5.41, 5.74) is 3.50. The number of hydrogen-bond donors (Lipinski definition) is 2. The van der Waals surface area contributed by atoms with E-state index in [2.05, 4.69) is 20.6 Å². The molecule has 0 saturated carbocycles. The Kier molecular flexibility index (Phi) is 6.35. The van der Waals surface area contributed by atoms with Crippen LogP contribution >= 0.6 is 0 Å². The molecule has 0 spiro atoms. The molecular weight excluding hydrogens is 340 g/mol. The van der Waals surface area contributed by atoms with Gasteiger partial charge in [-0.3, -0.25) is 14.8 Å². The van der Waals surface area contributed by atoms with Crippen LogP contribution < -0.4 is 15.4 Å². The van der Waals surface area contributed by atoms with E-state index in [4.69, 9.17) is 4.74 Å². The van der Waals surface area contributed by atoms with Gasteiger partial charge in [0.05, 0.1) is 18.4 Å². The lowest BCUT2D eigenvalue weighted by Gasteiger charge is -2.09. The van der Waals surface area contributed by atoms with Crippen LogP contribution in [0, 0.1) is 0 Å². The van der Waals surface area contributed by atoms with Crippen LogP contribution in [0.15, 0.2) is 67.3 Å². The van der Waals surface area contributed by atoms with Gasteiger partial charge in [0.2, 0.25) is 0 Å². The van der Waals surface area contributed by atoms with Crippen molar-refractivity contribution in [2.24, 2.45) is 0 Å². The van der Waals surface area contributed by atoms with Gasteiger partial charge in [0.25, 0.3) is 5.91 Å². The first-order valence-electron chi connectivity index (χ1n) is 8.73. The van der Waals surface area contributed by atoms with E-state index in [1.165, 1.54) is 5.56 Å². The van der Waals surface area contributed by atoms with E-state index in [0.29, 0.717) is 12.1 Å². The molecule has 0 atom stereocenters. The molecule has 0 fully saturated rings. The van der Waals surface area contributed by atoms with Gasteiger partial charge in [-0.05, 0) is 41.8 Å². The summed E-state index contributed by atoms with van der Waals surface area (Å²) in [6.45, 7) is 1.18. The van der Waals surface area contributed by atoms with Crippen molar-refractivity contribution in [2.45, 2.75) is 13.0 Å². The lowest BCUT2D eigenvalue weighted by molar-refractivity contribution is 0.0950. The Morgan fingerprint density at radius 1 is 1.04 bits per heavy atom. The molecular formula is C21H22N4O2. The molecule has 1 aromatic carbocycles. The van der Waals surface area contributed by atoms with Crippen LogP contribution in [0.1, 0.15) is 21.5 Å². The standard InChI is InChI=1S/C21H22N4O2/c1-27-20-6-4-16(5-7-20)8-10-24-19-11-18(14-23-15-19)21(26)25-13-17-3-2-9-22-12-17/h2-7,9,11-12,14-15,24H,8,10,13H2,1H3,(H,25,26). The number of carbonyl (C=O) groups excluding carboxylic acids is 1. The molecule has 0 aliphatic rings. The zero-order valence-corrected chi connectivity index (χ0v) is 15.2. The van der Waals surface area contributed by atoms with Gasteiger partial charge in [0, 0.05) is 37.9 Å². The maximum atomic E-state index is 12.3. The minimum atomic E-state index is -0.162. The van der Waals surface area contributed by atoms with E-state index in [0.717, 1.165) is 30.0 Å². The second kappa shape index (κ2) is 9.33. The summed E-state index contributed by atoms with van der Waals surface area (Å²) in [7, 11) is 1.66. The zero-order valence-electron chi connectivity index (χ0n) is 15.2. The Morgan fingerprint density at radius 2 is 1.89 bits per heavy atom. The molecule has 0 unspecified atom stereocenters. The summed E-state index contributed by atoms with van der Waals surface area (Å²) in [5, 5.41) is 6.18. The largest absolute Gasteiger partial charge is 0.497 e. The first-order chi connectivity index (χ1) is 13.2. The van der Waals surface area contributed by atoms with Crippen molar-refractivity contribution in [1.82, 2.24) is 15.3 Å². The Bertz CT molecular complexity index is 867. The van der Waals surface area contributed by atoms with Crippen LogP contribution in [0.3, 0.4) is 0 Å². The van der Waals surface area contributed by atoms with Gasteiger partial charge in [0.1, 0.15) is 5.75 Å². The molecule has 0 aliphatic carbocycles. The number of rotatable bonds is 8. The Morgan fingerprint density at radius 3 is 2.63 bits per heavy atom. The summed E-state index contributed by atoms with van der Waals surface area (Å²) in [4.78, 5) is 20.5. The summed E-state index contributed by atoms with van der Waals surface area (Å²) in [6, 6.07) is 13.6. The van der Waals surface area contributed by atoms with Gasteiger partial charge < -0.3 is 15.4 Å². The summed E-state index contributed by atoms with van der Waals surface area (Å²) >= 11 is 0. The average Bonchev–Trinajstić information content (AvgIpc) is 2.73. The highest BCUT2D eigenvalue weighted by Gasteiger charge is 2.07. The maximum Gasteiger partial charge on any atom is 0.253 e. The van der Waals surface area contributed by atoms with Gasteiger partial charge in [-0.25, -0.2) is 0 Å². The number of carbonyl (C=O) groups is 1. The topological polar surface area (TPSA) is 76.1 Å². The number of nitrogens with one attached hydrogen (secondary N) is 2. The van der Waals surface area contributed by atoms with Crippen LogP contribution in [0.5, 0.6) is 5.75 Å². The molecule has 3 rings (SSSR count). The van der Waals surface area contributed by atoms with Gasteiger partial charge in [-0.1, -0.05) is 18.2 Å². The molecule has 6 heteroatoms. The highest BCUT2D eigenvalue weighted by Crippen LogP contribution is 2.13. The third-order valence-corrected chi connectivity index (χ3v) is 4.08.